The number of para-hydroxylation sites is 1. The predicted octanol–water partition coefficient (Wildman–Crippen LogP) is 5.63. The summed E-state index contributed by atoms with van der Waals surface area (Å²) in [6, 6.07) is 15.6. The molecule has 1 aliphatic heterocycles. The van der Waals surface area contributed by atoms with Crippen molar-refractivity contribution in [3.05, 3.63) is 83.0 Å². The lowest BCUT2D eigenvalue weighted by molar-refractivity contribution is -0.113. The maximum Gasteiger partial charge on any atom is 0.270 e. The zero-order chi connectivity index (χ0) is 19.0. The number of thiocarbonyl (C=S) groups is 1. The average molecular weight is 399 g/mol. The van der Waals surface area contributed by atoms with Gasteiger partial charge in [0, 0.05) is 12.1 Å². The van der Waals surface area contributed by atoms with E-state index in [1.165, 1.54) is 22.7 Å². The number of carbonyl (C=O) groups excluding carboxylic acids is 1. The van der Waals surface area contributed by atoms with Crippen molar-refractivity contribution < 1.29 is 18.0 Å². The van der Waals surface area contributed by atoms with E-state index in [1.54, 1.807) is 30.3 Å². The highest BCUT2D eigenvalue weighted by molar-refractivity contribution is 8.27. The molecule has 2 aromatic carbocycles. The van der Waals surface area contributed by atoms with Crippen molar-refractivity contribution in [1.82, 2.24) is 0 Å². The number of hydrogen-bond acceptors (Lipinski definition) is 4. The molecule has 1 amide bonds. The van der Waals surface area contributed by atoms with Gasteiger partial charge in [0.2, 0.25) is 0 Å². The molecule has 0 radical (unpaired) electrons. The maximum absolute atomic E-state index is 13.9. The monoisotopic (exact) mass is 399 g/mol. The van der Waals surface area contributed by atoms with Crippen LogP contribution in [-0.2, 0) is 4.79 Å². The smallest absolute Gasteiger partial charge is 0.270 e. The van der Waals surface area contributed by atoms with Crippen molar-refractivity contribution in [3.63, 3.8) is 0 Å². The first-order valence-corrected chi connectivity index (χ1v) is 9.14. The zero-order valence-electron chi connectivity index (χ0n) is 13.7. The number of benzene rings is 2. The highest BCUT2D eigenvalue weighted by Crippen LogP contribution is 2.36. The van der Waals surface area contributed by atoms with Crippen LogP contribution in [0, 0.1) is 11.6 Å². The first-order chi connectivity index (χ1) is 13.0. The number of halogens is 2. The van der Waals surface area contributed by atoms with E-state index in [4.69, 9.17) is 16.6 Å². The molecule has 4 rings (SSSR count). The van der Waals surface area contributed by atoms with E-state index >= 15 is 0 Å². The van der Waals surface area contributed by atoms with Gasteiger partial charge in [0.25, 0.3) is 5.91 Å². The van der Waals surface area contributed by atoms with Gasteiger partial charge in [-0.2, -0.15) is 0 Å². The van der Waals surface area contributed by atoms with E-state index in [2.05, 4.69) is 0 Å². The number of rotatable bonds is 3. The topological polar surface area (TPSA) is 33.5 Å². The van der Waals surface area contributed by atoms with Gasteiger partial charge in [-0.25, -0.2) is 8.78 Å². The molecular formula is C20H11F2NO2S2. The second-order valence-corrected chi connectivity index (χ2v) is 7.35. The Bertz CT molecular complexity index is 1080. The molecule has 3 nitrogen and oxygen atoms in total. The Morgan fingerprint density at radius 3 is 2.56 bits per heavy atom. The lowest BCUT2D eigenvalue weighted by Gasteiger charge is -2.13. The summed E-state index contributed by atoms with van der Waals surface area (Å²) < 4.78 is 33.0. The van der Waals surface area contributed by atoms with E-state index in [9.17, 15) is 13.6 Å². The van der Waals surface area contributed by atoms with E-state index in [1.807, 2.05) is 18.2 Å². The summed E-state index contributed by atoms with van der Waals surface area (Å²) in [6.45, 7) is 0. The Kier molecular flexibility index (Phi) is 4.63. The second kappa shape index (κ2) is 7.09. The lowest BCUT2D eigenvalue weighted by atomic mass is 10.1. The van der Waals surface area contributed by atoms with Gasteiger partial charge in [-0.05, 0) is 36.4 Å². The second-order valence-electron chi connectivity index (χ2n) is 5.68. The van der Waals surface area contributed by atoms with Crippen molar-refractivity contribution in [2.24, 2.45) is 0 Å². The molecule has 0 saturated carbocycles. The largest absolute Gasteiger partial charge is 0.457 e. The summed E-state index contributed by atoms with van der Waals surface area (Å²) in [5.74, 6) is -0.999. The minimum absolute atomic E-state index is 0.146. The van der Waals surface area contributed by atoms with Crippen LogP contribution in [0.1, 0.15) is 5.76 Å². The Morgan fingerprint density at radius 2 is 1.81 bits per heavy atom. The summed E-state index contributed by atoms with van der Waals surface area (Å²) in [6.07, 6.45) is 1.56. The molecule has 0 N–H and O–H groups in total. The average Bonchev–Trinajstić information content (AvgIpc) is 3.21. The fourth-order valence-corrected chi connectivity index (χ4v) is 3.94. The quantitative estimate of drug-likeness (QED) is 0.422. The summed E-state index contributed by atoms with van der Waals surface area (Å²) in [7, 11) is 0. The Morgan fingerprint density at radius 1 is 1.04 bits per heavy atom. The van der Waals surface area contributed by atoms with Crippen molar-refractivity contribution in [2.75, 3.05) is 4.90 Å². The van der Waals surface area contributed by atoms with Gasteiger partial charge in [-0.15, -0.1) is 0 Å². The van der Waals surface area contributed by atoms with Crippen molar-refractivity contribution >= 4 is 46.0 Å². The molecule has 0 aliphatic carbocycles. The van der Waals surface area contributed by atoms with Crippen LogP contribution in [0.15, 0.2) is 70.0 Å². The standard InChI is InChI=1S/C20H11F2NO2S2/c21-12-6-8-15(16(22)10-12)17-9-7-14(25-17)11-18-19(24)23(20(26)27-18)13-4-2-1-3-5-13/h1-11H/b18-11-. The molecule has 27 heavy (non-hydrogen) atoms. The van der Waals surface area contributed by atoms with Crippen LogP contribution in [0.3, 0.4) is 0 Å². The molecule has 0 spiro atoms. The molecule has 0 bridgehead atoms. The third kappa shape index (κ3) is 3.43. The van der Waals surface area contributed by atoms with Crippen LogP contribution in [0.2, 0.25) is 0 Å². The number of anilines is 1. The SMILES string of the molecule is O=C1/C(=C/c2ccc(-c3ccc(F)cc3F)o2)SC(=S)N1c1ccccc1. The Labute approximate surface area is 163 Å². The predicted molar refractivity (Wildman–Crippen MR) is 106 cm³/mol. The van der Waals surface area contributed by atoms with Crippen LogP contribution < -0.4 is 4.90 Å². The van der Waals surface area contributed by atoms with Crippen LogP contribution >= 0.6 is 24.0 Å². The van der Waals surface area contributed by atoms with E-state index < -0.39 is 11.6 Å². The number of amides is 1. The van der Waals surface area contributed by atoms with Gasteiger partial charge in [0.05, 0.1) is 16.2 Å². The van der Waals surface area contributed by atoms with Crippen LogP contribution in [0.25, 0.3) is 17.4 Å². The summed E-state index contributed by atoms with van der Waals surface area (Å²) in [4.78, 5) is 14.6. The van der Waals surface area contributed by atoms with Gasteiger partial charge in [0.1, 0.15) is 23.2 Å². The first-order valence-electron chi connectivity index (χ1n) is 7.91. The first kappa shape index (κ1) is 17.6. The Hall–Kier alpha value is -2.77. The summed E-state index contributed by atoms with van der Waals surface area (Å²) in [5.41, 5.74) is 0.838. The highest BCUT2D eigenvalue weighted by atomic mass is 32.2. The zero-order valence-corrected chi connectivity index (χ0v) is 15.3. The fraction of sp³-hybridized carbons (Fsp3) is 0. The maximum atomic E-state index is 13.9. The molecule has 0 atom stereocenters. The summed E-state index contributed by atoms with van der Waals surface area (Å²) in [5, 5.41) is 0. The molecule has 2 heterocycles. The third-order valence-corrected chi connectivity index (χ3v) is 5.21. The molecule has 3 aromatic rings. The lowest BCUT2D eigenvalue weighted by Crippen LogP contribution is -2.27. The van der Waals surface area contributed by atoms with Gasteiger partial charge in [-0.3, -0.25) is 9.69 Å². The van der Waals surface area contributed by atoms with Crippen LogP contribution in [0.5, 0.6) is 0 Å². The number of furan rings is 1. The third-order valence-electron chi connectivity index (χ3n) is 3.90. The highest BCUT2D eigenvalue weighted by Gasteiger charge is 2.33. The normalized spacial score (nSPS) is 15.8. The molecule has 1 aromatic heterocycles. The van der Waals surface area contributed by atoms with Crippen LogP contribution in [0.4, 0.5) is 14.5 Å². The van der Waals surface area contributed by atoms with Gasteiger partial charge < -0.3 is 4.42 Å². The van der Waals surface area contributed by atoms with Gasteiger partial charge >= 0.3 is 0 Å². The van der Waals surface area contributed by atoms with E-state index in [0.717, 1.165) is 12.1 Å². The molecule has 1 saturated heterocycles. The van der Waals surface area contributed by atoms with E-state index in [0.29, 0.717) is 20.7 Å². The summed E-state index contributed by atoms with van der Waals surface area (Å²) >= 11 is 6.48. The number of hydrogen-bond donors (Lipinski definition) is 0. The van der Waals surface area contributed by atoms with Crippen molar-refractivity contribution in [2.45, 2.75) is 0 Å². The van der Waals surface area contributed by atoms with Crippen molar-refractivity contribution in [1.29, 1.82) is 0 Å². The van der Waals surface area contributed by atoms with Crippen LogP contribution in [-0.4, -0.2) is 10.2 Å². The van der Waals surface area contributed by atoms with Crippen molar-refractivity contribution in [3.8, 4) is 11.3 Å². The fourth-order valence-electron chi connectivity index (χ4n) is 2.66. The minimum Gasteiger partial charge on any atom is -0.457 e. The van der Waals surface area contributed by atoms with E-state index in [-0.39, 0.29) is 17.2 Å². The molecule has 7 heteroatoms. The molecule has 1 aliphatic rings. The number of carbonyl (C=O) groups is 1. The van der Waals surface area contributed by atoms with Gasteiger partial charge in [-0.1, -0.05) is 42.2 Å². The number of thioether (sulfide) groups is 1. The molecule has 134 valence electrons. The minimum atomic E-state index is -0.716. The van der Waals surface area contributed by atoms with Gasteiger partial charge in [0.15, 0.2) is 4.32 Å². The number of nitrogens with zero attached hydrogens (tertiary/aromatic N) is 1. The molecular weight excluding hydrogens is 388 g/mol. The Balaban J connectivity index is 1.62. The molecule has 1 fully saturated rings. The molecule has 0 unspecified atom stereocenters.